The molecule has 6 nitrogen and oxygen atoms in total. The molecule has 6 heteroatoms. The summed E-state index contributed by atoms with van der Waals surface area (Å²) in [6, 6.07) is 0.307. The maximum Gasteiger partial charge on any atom is 0.234 e. The molecule has 24 heavy (non-hydrogen) atoms. The van der Waals surface area contributed by atoms with Crippen LogP contribution in [0.15, 0.2) is 0 Å². The van der Waals surface area contributed by atoms with E-state index in [1.165, 1.54) is 12.8 Å². The van der Waals surface area contributed by atoms with E-state index in [-0.39, 0.29) is 17.4 Å². The molecule has 0 aromatic rings. The minimum atomic E-state index is -0.189. The standard InChI is InChI=1S/C18H34N4O2/c1-14(15-6-7-15)19-16(23)12-21-8-5-9-22(11-10-21)13-17(24)20-18(2,3)4/h14-15H,5-13H2,1-4H3,(H,19,23)(H,20,24)/t14-/m1/s1. The highest BCUT2D eigenvalue weighted by atomic mass is 16.2. The fraction of sp³-hybridized carbons (Fsp3) is 0.889. The SMILES string of the molecule is C[C@@H](NC(=O)CN1CCCN(CC(=O)NC(C)(C)C)CC1)C1CC1. The molecule has 2 amide bonds. The summed E-state index contributed by atoms with van der Waals surface area (Å²) in [6.07, 6.45) is 3.49. The van der Waals surface area contributed by atoms with Crippen LogP contribution in [0.4, 0.5) is 0 Å². The highest BCUT2D eigenvalue weighted by molar-refractivity contribution is 5.79. The van der Waals surface area contributed by atoms with Gasteiger partial charge in [-0.1, -0.05) is 0 Å². The summed E-state index contributed by atoms with van der Waals surface area (Å²) in [7, 11) is 0. The Hall–Kier alpha value is -1.14. The highest BCUT2D eigenvalue weighted by Crippen LogP contribution is 2.32. The Balaban J connectivity index is 1.69. The minimum Gasteiger partial charge on any atom is -0.352 e. The zero-order chi connectivity index (χ0) is 17.7. The van der Waals surface area contributed by atoms with Gasteiger partial charge in [-0.15, -0.1) is 0 Å². The van der Waals surface area contributed by atoms with Gasteiger partial charge in [-0.2, -0.15) is 0 Å². The number of carbonyl (C=O) groups is 2. The van der Waals surface area contributed by atoms with Gasteiger partial charge >= 0.3 is 0 Å². The van der Waals surface area contributed by atoms with Crippen molar-refractivity contribution in [2.24, 2.45) is 5.92 Å². The molecule has 1 heterocycles. The number of amides is 2. The van der Waals surface area contributed by atoms with Crippen molar-refractivity contribution in [2.75, 3.05) is 39.3 Å². The number of hydrogen-bond acceptors (Lipinski definition) is 4. The second-order valence-electron chi connectivity index (χ2n) is 8.40. The molecule has 0 aromatic heterocycles. The first-order chi connectivity index (χ1) is 11.2. The van der Waals surface area contributed by atoms with Gasteiger partial charge in [0, 0.05) is 24.7 Å². The molecule has 1 atom stereocenters. The van der Waals surface area contributed by atoms with E-state index in [0.29, 0.717) is 25.0 Å². The van der Waals surface area contributed by atoms with E-state index in [1.54, 1.807) is 0 Å². The monoisotopic (exact) mass is 338 g/mol. The van der Waals surface area contributed by atoms with E-state index in [1.807, 2.05) is 20.8 Å². The number of hydrogen-bond donors (Lipinski definition) is 2. The fourth-order valence-corrected chi connectivity index (χ4v) is 3.22. The van der Waals surface area contributed by atoms with Crippen molar-refractivity contribution in [3.63, 3.8) is 0 Å². The van der Waals surface area contributed by atoms with Crippen LogP contribution in [0.1, 0.15) is 47.0 Å². The first-order valence-corrected chi connectivity index (χ1v) is 9.28. The molecule has 1 saturated heterocycles. The van der Waals surface area contributed by atoms with Gasteiger partial charge in [0.05, 0.1) is 13.1 Å². The van der Waals surface area contributed by atoms with Gasteiger partial charge in [-0.05, 0) is 66.0 Å². The van der Waals surface area contributed by atoms with Crippen LogP contribution >= 0.6 is 0 Å². The van der Waals surface area contributed by atoms with Crippen molar-refractivity contribution in [1.29, 1.82) is 0 Å². The molecular formula is C18H34N4O2. The topological polar surface area (TPSA) is 64.7 Å². The molecule has 2 rings (SSSR count). The molecule has 0 radical (unpaired) electrons. The Labute approximate surface area is 146 Å². The normalized spacial score (nSPS) is 21.8. The maximum atomic E-state index is 12.2. The van der Waals surface area contributed by atoms with Crippen molar-refractivity contribution in [3.8, 4) is 0 Å². The quantitative estimate of drug-likeness (QED) is 0.753. The van der Waals surface area contributed by atoms with Crippen molar-refractivity contribution < 1.29 is 9.59 Å². The Morgan fingerprint density at radius 1 is 1.00 bits per heavy atom. The average molecular weight is 338 g/mol. The zero-order valence-corrected chi connectivity index (χ0v) is 15.7. The Morgan fingerprint density at radius 3 is 2.04 bits per heavy atom. The van der Waals surface area contributed by atoms with Crippen molar-refractivity contribution in [2.45, 2.75) is 58.5 Å². The summed E-state index contributed by atoms with van der Waals surface area (Å²) in [5.41, 5.74) is -0.189. The summed E-state index contributed by atoms with van der Waals surface area (Å²) >= 11 is 0. The first kappa shape index (κ1) is 19.2. The zero-order valence-electron chi connectivity index (χ0n) is 15.7. The van der Waals surface area contributed by atoms with Crippen LogP contribution in [0.2, 0.25) is 0 Å². The largest absolute Gasteiger partial charge is 0.352 e. The number of rotatable bonds is 6. The van der Waals surface area contributed by atoms with E-state index in [9.17, 15) is 9.59 Å². The molecular weight excluding hydrogens is 304 g/mol. The van der Waals surface area contributed by atoms with E-state index in [0.717, 1.165) is 32.6 Å². The predicted molar refractivity (Wildman–Crippen MR) is 95.7 cm³/mol. The molecule has 0 spiro atoms. The first-order valence-electron chi connectivity index (χ1n) is 9.28. The smallest absolute Gasteiger partial charge is 0.234 e. The third-order valence-electron chi connectivity index (χ3n) is 4.65. The summed E-state index contributed by atoms with van der Waals surface area (Å²) in [4.78, 5) is 28.6. The molecule has 2 fully saturated rings. The summed E-state index contributed by atoms with van der Waals surface area (Å²) in [6.45, 7) is 12.5. The summed E-state index contributed by atoms with van der Waals surface area (Å²) < 4.78 is 0. The summed E-state index contributed by atoms with van der Waals surface area (Å²) in [5, 5.41) is 6.13. The summed E-state index contributed by atoms with van der Waals surface area (Å²) in [5.74, 6) is 0.898. The maximum absolute atomic E-state index is 12.2. The van der Waals surface area contributed by atoms with Crippen molar-refractivity contribution in [3.05, 3.63) is 0 Å². The molecule has 138 valence electrons. The predicted octanol–water partition coefficient (Wildman–Crippen LogP) is 0.824. The van der Waals surface area contributed by atoms with Crippen molar-refractivity contribution >= 4 is 11.8 Å². The van der Waals surface area contributed by atoms with E-state index < -0.39 is 0 Å². The molecule has 1 aliphatic carbocycles. The van der Waals surface area contributed by atoms with Crippen LogP contribution in [0, 0.1) is 5.92 Å². The molecule has 0 aromatic carbocycles. The third kappa shape index (κ3) is 7.18. The molecule has 2 aliphatic rings. The Morgan fingerprint density at radius 2 is 1.54 bits per heavy atom. The van der Waals surface area contributed by atoms with Crippen LogP contribution in [0.5, 0.6) is 0 Å². The lowest BCUT2D eigenvalue weighted by molar-refractivity contribution is -0.124. The van der Waals surface area contributed by atoms with Crippen LogP contribution in [-0.4, -0.2) is 72.5 Å². The van der Waals surface area contributed by atoms with Crippen LogP contribution in [0.3, 0.4) is 0 Å². The minimum absolute atomic E-state index is 0.0759. The molecule has 1 saturated carbocycles. The molecule has 0 bridgehead atoms. The van der Waals surface area contributed by atoms with Crippen LogP contribution in [0.25, 0.3) is 0 Å². The number of nitrogens with zero attached hydrogens (tertiary/aromatic N) is 2. The number of carbonyl (C=O) groups excluding carboxylic acids is 2. The van der Waals surface area contributed by atoms with Gasteiger partial charge in [0.25, 0.3) is 0 Å². The van der Waals surface area contributed by atoms with Gasteiger partial charge < -0.3 is 10.6 Å². The second-order valence-corrected chi connectivity index (χ2v) is 8.40. The third-order valence-corrected chi connectivity index (χ3v) is 4.65. The fourth-order valence-electron chi connectivity index (χ4n) is 3.22. The van der Waals surface area contributed by atoms with Crippen molar-refractivity contribution in [1.82, 2.24) is 20.4 Å². The van der Waals surface area contributed by atoms with Crippen LogP contribution in [-0.2, 0) is 9.59 Å². The van der Waals surface area contributed by atoms with Gasteiger partial charge in [0.15, 0.2) is 0 Å². The Kier molecular flexibility index (Phi) is 6.63. The van der Waals surface area contributed by atoms with Gasteiger partial charge in [0.1, 0.15) is 0 Å². The lowest BCUT2D eigenvalue weighted by atomic mass is 10.1. The lowest BCUT2D eigenvalue weighted by Crippen LogP contribution is -2.47. The average Bonchev–Trinajstić information content (AvgIpc) is 3.25. The van der Waals surface area contributed by atoms with E-state index in [2.05, 4.69) is 27.4 Å². The number of nitrogens with one attached hydrogen (secondary N) is 2. The molecule has 2 N–H and O–H groups in total. The molecule has 0 unspecified atom stereocenters. The van der Waals surface area contributed by atoms with Gasteiger partial charge in [0.2, 0.25) is 11.8 Å². The van der Waals surface area contributed by atoms with E-state index in [4.69, 9.17) is 0 Å². The van der Waals surface area contributed by atoms with Gasteiger partial charge in [-0.3, -0.25) is 19.4 Å². The highest BCUT2D eigenvalue weighted by Gasteiger charge is 2.29. The Bertz CT molecular complexity index is 443. The molecule has 1 aliphatic heterocycles. The second kappa shape index (κ2) is 8.30. The lowest BCUT2D eigenvalue weighted by Gasteiger charge is -2.25. The van der Waals surface area contributed by atoms with Crippen LogP contribution < -0.4 is 10.6 Å². The van der Waals surface area contributed by atoms with E-state index >= 15 is 0 Å². The van der Waals surface area contributed by atoms with Gasteiger partial charge in [-0.25, -0.2) is 0 Å².